The van der Waals surface area contributed by atoms with Gasteiger partial charge in [0.2, 0.25) is 0 Å². The third-order valence-corrected chi connectivity index (χ3v) is 2.16. The Morgan fingerprint density at radius 1 is 1.42 bits per heavy atom. The Hall–Kier alpha value is -1.04. The fourth-order valence-corrected chi connectivity index (χ4v) is 1.42. The molecule has 12 heavy (non-hydrogen) atoms. The molecule has 0 fully saturated rings. The van der Waals surface area contributed by atoms with Gasteiger partial charge in [-0.3, -0.25) is 0 Å². The van der Waals surface area contributed by atoms with E-state index in [1.807, 2.05) is 0 Å². The zero-order valence-electron chi connectivity index (χ0n) is 7.85. The van der Waals surface area contributed by atoms with Crippen molar-refractivity contribution in [1.82, 2.24) is 0 Å². The number of benzene rings is 1. The van der Waals surface area contributed by atoms with Crippen LogP contribution < -0.4 is 0 Å². The van der Waals surface area contributed by atoms with Crippen LogP contribution in [0, 0.1) is 13.0 Å². The lowest BCUT2D eigenvalue weighted by atomic mass is 9.99. The second-order valence-corrected chi connectivity index (χ2v) is 3.02. The summed E-state index contributed by atoms with van der Waals surface area (Å²) < 4.78 is 0. The largest absolute Gasteiger partial charge is 0.0905 e. The Morgan fingerprint density at radius 3 is 2.75 bits per heavy atom. The summed E-state index contributed by atoms with van der Waals surface area (Å²) in [6.45, 7) is 8.00. The molecule has 0 nitrogen and oxygen atoms in total. The summed E-state index contributed by atoms with van der Waals surface area (Å²) in [7, 11) is 0. The third kappa shape index (κ3) is 1.76. The van der Waals surface area contributed by atoms with Gasteiger partial charge in [-0.2, -0.15) is 0 Å². The van der Waals surface area contributed by atoms with Crippen LogP contribution in [0.25, 0.3) is 0 Å². The summed E-state index contributed by atoms with van der Waals surface area (Å²) in [5.41, 5.74) is 3.89. The van der Waals surface area contributed by atoms with Gasteiger partial charge in [0.25, 0.3) is 0 Å². The molecule has 0 aliphatic heterocycles. The van der Waals surface area contributed by atoms with E-state index < -0.39 is 0 Å². The molecule has 0 aliphatic carbocycles. The maximum absolute atomic E-state index is 3.67. The SMILES string of the molecule is C=[C]c1cccc(CCC)c1C. The predicted molar refractivity (Wildman–Crippen MR) is 53.1 cm³/mol. The highest BCUT2D eigenvalue weighted by molar-refractivity contribution is 5.37. The maximum Gasteiger partial charge on any atom is -0.0152 e. The van der Waals surface area contributed by atoms with Gasteiger partial charge >= 0.3 is 0 Å². The molecule has 0 aromatic heterocycles. The monoisotopic (exact) mass is 159 g/mol. The predicted octanol–water partition coefficient (Wildman–Crippen LogP) is 3.28. The first kappa shape index (κ1) is 9.05. The molecule has 1 aromatic carbocycles. The lowest BCUT2D eigenvalue weighted by molar-refractivity contribution is 0.911. The molecule has 0 atom stereocenters. The lowest BCUT2D eigenvalue weighted by Crippen LogP contribution is -1.91. The molecule has 0 spiro atoms. The van der Waals surface area contributed by atoms with Gasteiger partial charge < -0.3 is 0 Å². The van der Waals surface area contributed by atoms with Crippen LogP contribution in [0.5, 0.6) is 0 Å². The minimum atomic E-state index is 1.14. The number of rotatable bonds is 3. The van der Waals surface area contributed by atoms with Crippen molar-refractivity contribution < 1.29 is 0 Å². The van der Waals surface area contributed by atoms with Crippen LogP contribution in [-0.4, -0.2) is 0 Å². The van der Waals surface area contributed by atoms with Crippen LogP contribution >= 0.6 is 0 Å². The molecule has 0 heterocycles. The van der Waals surface area contributed by atoms with Gasteiger partial charge in [-0.1, -0.05) is 38.1 Å². The van der Waals surface area contributed by atoms with Gasteiger partial charge in [-0.25, -0.2) is 0 Å². The van der Waals surface area contributed by atoms with E-state index >= 15 is 0 Å². The summed E-state index contributed by atoms with van der Waals surface area (Å²) in [4.78, 5) is 0. The fraction of sp³-hybridized carbons (Fsp3) is 0.333. The van der Waals surface area contributed by atoms with E-state index in [2.05, 4.69) is 44.7 Å². The minimum Gasteiger partial charge on any atom is -0.0905 e. The van der Waals surface area contributed by atoms with Crippen LogP contribution in [0.15, 0.2) is 24.8 Å². The van der Waals surface area contributed by atoms with Crippen molar-refractivity contribution in [2.75, 3.05) is 0 Å². The Bertz CT molecular complexity index is 271. The van der Waals surface area contributed by atoms with Crippen molar-refractivity contribution in [2.45, 2.75) is 26.7 Å². The summed E-state index contributed by atoms with van der Waals surface area (Å²) in [6, 6.07) is 6.31. The van der Waals surface area contributed by atoms with E-state index in [9.17, 15) is 0 Å². The van der Waals surface area contributed by atoms with Crippen molar-refractivity contribution in [3.05, 3.63) is 47.5 Å². The topological polar surface area (TPSA) is 0 Å². The highest BCUT2D eigenvalue weighted by Gasteiger charge is 1.99. The Balaban J connectivity index is 3.04. The van der Waals surface area contributed by atoms with E-state index in [1.165, 1.54) is 17.5 Å². The molecule has 0 heteroatoms. The molecule has 1 rings (SSSR count). The van der Waals surface area contributed by atoms with Crippen molar-refractivity contribution in [3.63, 3.8) is 0 Å². The molecule has 1 aromatic rings. The van der Waals surface area contributed by atoms with E-state index in [4.69, 9.17) is 0 Å². The number of hydrogen-bond acceptors (Lipinski definition) is 0. The maximum atomic E-state index is 3.67. The third-order valence-electron chi connectivity index (χ3n) is 2.16. The smallest absolute Gasteiger partial charge is 0.0152 e. The van der Waals surface area contributed by atoms with Crippen molar-refractivity contribution >= 4 is 0 Å². The zero-order chi connectivity index (χ0) is 8.97. The summed E-state index contributed by atoms with van der Waals surface area (Å²) in [6.07, 6.45) is 5.29. The molecule has 0 unspecified atom stereocenters. The molecular weight excluding hydrogens is 144 g/mol. The van der Waals surface area contributed by atoms with Crippen LogP contribution in [0.2, 0.25) is 0 Å². The Morgan fingerprint density at radius 2 is 2.17 bits per heavy atom. The van der Waals surface area contributed by atoms with E-state index in [-0.39, 0.29) is 0 Å². The van der Waals surface area contributed by atoms with Gasteiger partial charge in [0, 0.05) is 0 Å². The summed E-state index contributed by atoms with van der Waals surface area (Å²) in [5, 5.41) is 0. The summed E-state index contributed by atoms with van der Waals surface area (Å²) in [5.74, 6) is 0. The van der Waals surface area contributed by atoms with E-state index in [1.54, 1.807) is 0 Å². The Kier molecular flexibility index (Phi) is 3.09. The second-order valence-electron chi connectivity index (χ2n) is 3.02. The Labute approximate surface area is 74.9 Å². The minimum absolute atomic E-state index is 1.14. The molecule has 0 saturated heterocycles. The lowest BCUT2D eigenvalue weighted by Gasteiger charge is -2.06. The second kappa shape index (κ2) is 4.10. The van der Waals surface area contributed by atoms with E-state index in [0.717, 1.165) is 12.0 Å². The molecule has 0 bridgehead atoms. The number of aryl methyl sites for hydroxylation is 1. The van der Waals surface area contributed by atoms with E-state index in [0.29, 0.717) is 0 Å². The molecule has 0 N–H and O–H groups in total. The molecule has 63 valence electrons. The summed E-state index contributed by atoms with van der Waals surface area (Å²) >= 11 is 0. The van der Waals surface area contributed by atoms with Gasteiger partial charge in [-0.05, 0) is 36.1 Å². The average molecular weight is 159 g/mol. The van der Waals surface area contributed by atoms with Crippen LogP contribution in [0.3, 0.4) is 0 Å². The molecule has 0 amide bonds. The zero-order valence-corrected chi connectivity index (χ0v) is 7.85. The molecule has 1 radical (unpaired) electrons. The van der Waals surface area contributed by atoms with Gasteiger partial charge in [0.1, 0.15) is 0 Å². The first-order valence-corrected chi connectivity index (χ1v) is 4.41. The van der Waals surface area contributed by atoms with Crippen molar-refractivity contribution in [1.29, 1.82) is 0 Å². The first-order valence-electron chi connectivity index (χ1n) is 4.41. The van der Waals surface area contributed by atoms with Crippen LogP contribution in [0.1, 0.15) is 30.0 Å². The standard InChI is InChI=1S/C12H15/c1-4-7-12-9-6-8-11(5-2)10(12)3/h6,8-9H,2,4,7H2,1,3H3. The molecular formula is C12H15. The van der Waals surface area contributed by atoms with Gasteiger partial charge in [0.15, 0.2) is 0 Å². The van der Waals surface area contributed by atoms with Gasteiger partial charge in [-0.15, -0.1) is 0 Å². The van der Waals surface area contributed by atoms with Crippen molar-refractivity contribution in [2.24, 2.45) is 0 Å². The van der Waals surface area contributed by atoms with Crippen molar-refractivity contribution in [3.8, 4) is 0 Å². The van der Waals surface area contributed by atoms with Crippen LogP contribution in [-0.2, 0) is 6.42 Å². The van der Waals surface area contributed by atoms with Gasteiger partial charge in [0.05, 0.1) is 0 Å². The first-order chi connectivity index (χ1) is 5.79. The van der Waals surface area contributed by atoms with Crippen LogP contribution in [0.4, 0.5) is 0 Å². The highest BCUT2D eigenvalue weighted by Crippen LogP contribution is 2.14. The number of hydrogen-bond donors (Lipinski definition) is 0. The molecule has 0 aliphatic rings. The highest BCUT2D eigenvalue weighted by atomic mass is 14.0. The fourth-order valence-electron chi connectivity index (χ4n) is 1.42. The average Bonchev–Trinajstić information content (AvgIpc) is 2.09. The quantitative estimate of drug-likeness (QED) is 0.635. The normalized spacial score (nSPS) is 9.83. The molecule has 0 saturated carbocycles.